The van der Waals surface area contributed by atoms with Crippen LogP contribution in [0.2, 0.25) is 0 Å². The van der Waals surface area contributed by atoms with Crippen LogP contribution in [-0.2, 0) is 4.79 Å². The first kappa shape index (κ1) is 15.2. The van der Waals surface area contributed by atoms with Crippen LogP contribution in [0.15, 0.2) is 18.2 Å². The van der Waals surface area contributed by atoms with Crippen LogP contribution in [0.1, 0.15) is 13.3 Å². The molecule has 0 fully saturated rings. The highest BCUT2D eigenvalue weighted by Gasteiger charge is 2.35. The van der Waals surface area contributed by atoms with Gasteiger partial charge in [0.05, 0.1) is 29.9 Å². The summed E-state index contributed by atoms with van der Waals surface area (Å²) in [5, 5.41) is 29.4. The standard InChI is InChI=1S/C13H16N2O6/c1-2-11-13(18)14(6-9(17)7-16)10-5-8(15(19)20)3-4-12(10)21-11/h3-5,9,11,16-17H,2,6-7H2,1H3. The van der Waals surface area contributed by atoms with E-state index in [4.69, 9.17) is 9.84 Å². The van der Waals surface area contributed by atoms with Gasteiger partial charge in [0.25, 0.3) is 11.6 Å². The molecule has 1 amide bonds. The molecule has 8 nitrogen and oxygen atoms in total. The highest BCUT2D eigenvalue weighted by molar-refractivity contribution is 6.00. The van der Waals surface area contributed by atoms with Gasteiger partial charge in [-0.1, -0.05) is 6.92 Å². The topological polar surface area (TPSA) is 113 Å². The predicted octanol–water partition coefficient (Wildman–Crippen LogP) is 0.452. The normalized spacial score (nSPS) is 18.9. The summed E-state index contributed by atoms with van der Waals surface area (Å²) in [5.41, 5.74) is 0.0509. The molecule has 0 bridgehead atoms. The van der Waals surface area contributed by atoms with Crippen LogP contribution in [0.25, 0.3) is 0 Å². The molecule has 21 heavy (non-hydrogen) atoms. The first-order valence-corrected chi connectivity index (χ1v) is 6.53. The molecule has 0 saturated carbocycles. The Hall–Kier alpha value is -2.19. The Kier molecular flexibility index (Phi) is 4.39. The van der Waals surface area contributed by atoms with E-state index in [0.29, 0.717) is 12.2 Å². The second kappa shape index (κ2) is 6.06. The summed E-state index contributed by atoms with van der Waals surface area (Å²) in [6.07, 6.45) is -1.40. The van der Waals surface area contributed by atoms with E-state index < -0.39 is 29.6 Å². The lowest BCUT2D eigenvalue weighted by Crippen LogP contribution is -2.49. The van der Waals surface area contributed by atoms with Gasteiger partial charge >= 0.3 is 0 Å². The van der Waals surface area contributed by atoms with Crippen molar-refractivity contribution in [3.05, 3.63) is 28.3 Å². The zero-order valence-corrected chi connectivity index (χ0v) is 11.4. The number of hydrogen-bond acceptors (Lipinski definition) is 6. The molecule has 0 radical (unpaired) electrons. The lowest BCUT2D eigenvalue weighted by atomic mass is 10.1. The molecule has 0 saturated heterocycles. The molecule has 1 heterocycles. The van der Waals surface area contributed by atoms with Crippen molar-refractivity contribution >= 4 is 17.3 Å². The number of nitro benzene ring substituents is 1. The fourth-order valence-corrected chi connectivity index (χ4v) is 2.14. The molecule has 1 aromatic rings. The molecule has 0 aromatic heterocycles. The first-order valence-electron chi connectivity index (χ1n) is 6.53. The highest BCUT2D eigenvalue weighted by Crippen LogP contribution is 2.37. The number of carbonyl (C=O) groups excluding carboxylic acids is 1. The molecule has 2 atom stereocenters. The Bertz CT molecular complexity index is 562. The number of non-ortho nitro benzene ring substituents is 1. The average Bonchev–Trinajstić information content (AvgIpc) is 2.48. The minimum absolute atomic E-state index is 0.149. The maximum Gasteiger partial charge on any atom is 0.271 e. The van der Waals surface area contributed by atoms with Crippen LogP contribution < -0.4 is 9.64 Å². The third kappa shape index (κ3) is 2.96. The number of aliphatic hydroxyl groups is 2. The Morgan fingerprint density at radius 3 is 2.81 bits per heavy atom. The fourth-order valence-electron chi connectivity index (χ4n) is 2.14. The van der Waals surface area contributed by atoms with Crippen molar-refractivity contribution < 1.29 is 24.7 Å². The van der Waals surface area contributed by atoms with Gasteiger partial charge in [-0.25, -0.2) is 0 Å². The Labute approximate surface area is 120 Å². The number of rotatable bonds is 5. The average molecular weight is 296 g/mol. The van der Waals surface area contributed by atoms with Gasteiger partial charge in [0, 0.05) is 12.1 Å². The number of carbonyl (C=O) groups is 1. The Morgan fingerprint density at radius 2 is 2.24 bits per heavy atom. The lowest BCUT2D eigenvalue weighted by Gasteiger charge is -2.34. The summed E-state index contributed by atoms with van der Waals surface area (Å²) in [7, 11) is 0. The van der Waals surface area contributed by atoms with Gasteiger partial charge in [0.2, 0.25) is 0 Å². The van der Waals surface area contributed by atoms with E-state index in [9.17, 15) is 20.0 Å². The maximum absolute atomic E-state index is 12.3. The van der Waals surface area contributed by atoms with E-state index in [-0.39, 0.29) is 17.9 Å². The minimum atomic E-state index is -1.13. The van der Waals surface area contributed by atoms with E-state index in [1.807, 2.05) is 0 Å². The van der Waals surface area contributed by atoms with E-state index >= 15 is 0 Å². The molecule has 8 heteroatoms. The third-order valence-electron chi connectivity index (χ3n) is 3.23. The summed E-state index contributed by atoms with van der Waals surface area (Å²) in [4.78, 5) is 23.8. The van der Waals surface area contributed by atoms with Crippen molar-refractivity contribution in [2.75, 3.05) is 18.1 Å². The van der Waals surface area contributed by atoms with Gasteiger partial charge in [-0.15, -0.1) is 0 Å². The first-order chi connectivity index (χ1) is 9.97. The monoisotopic (exact) mass is 296 g/mol. The largest absolute Gasteiger partial charge is 0.478 e. The number of aliphatic hydroxyl groups excluding tert-OH is 2. The fraction of sp³-hybridized carbons (Fsp3) is 0.462. The number of nitro groups is 1. The Morgan fingerprint density at radius 1 is 1.52 bits per heavy atom. The number of benzene rings is 1. The summed E-state index contributed by atoms with van der Waals surface area (Å²) in [6.45, 7) is 1.12. The minimum Gasteiger partial charge on any atom is -0.478 e. The van der Waals surface area contributed by atoms with Crippen LogP contribution in [0.5, 0.6) is 5.75 Å². The predicted molar refractivity (Wildman–Crippen MR) is 73.2 cm³/mol. The third-order valence-corrected chi connectivity index (χ3v) is 3.23. The summed E-state index contributed by atoms with van der Waals surface area (Å²) in [5.74, 6) is -0.0461. The molecule has 1 aliphatic heterocycles. The number of ether oxygens (including phenoxy) is 1. The van der Waals surface area contributed by atoms with Crippen LogP contribution in [0.4, 0.5) is 11.4 Å². The molecule has 0 spiro atoms. The van der Waals surface area contributed by atoms with Crippen LogP contribution in [0, 0.1) is 10.1 Å². The van der Waals surface area contributed by atoms with E-state index in [1.54, 1.807) is 6.92 Å². The molecule has 1 aromatic carbocycles. The van der Waals surface area contributed by atoms with Gasteiger partial charge < -0.3 is 19.8 Å². The van der Waals surface area contributed by atoms with Gasteiger partial charge in [-0.05, 0) is 12.5 Å². The van der Waals surface area contributed by atoms with Crippen molar-refractivity contribution in [3.8, 4) is 5.75 Å². The summed E-state index contributed by atoms with van der Waals surface area (Å²) < 4.78 is 5.52. The van der Waals surface area contributed by atoms with E-state index in [0.717, 1.165) is 0 Å². The van der Waals surface area contributed by atoms with Gasteiger partial charge in [-0.3, -0.25) is 14.9 Å². The number of anilines is 1. The molecule has 114 valence electrons. The van der Waals surface area contributed by atoms with Gasteiger partial charge in [0.15, 0.2) is 6.10 Å². The molecule has 2 rings (SSSR count). The van der Waals surface area contributed by atoms with Gasteiger partial charge in [-0.2, -0.15) is 0 Å². The zero-order valence-electron chi connectivity index (χ0n) is 11.4. The van der Waals surface area contributed by atoms with Crippen molar-refractivity contribution in [2.45, 2.75) is 25.6 Å². The molecule has 2 N–H and O–H groups in total. The van der Waals surface area contributed by atoms with Crippen LogP contribution in [-0.4, -0.2) is 46.4 Å². The molecule has 1 aliphatic rings. The van der Waals surface area contributed by atoms with Crippen molar-refractivity contribution in [1.82, 2.24) is 0 Å². The van der Waals surface area contributed by atoms with Crippen molar-refractivity contribution in [1.29, 1.82) is 0 Å². The van der Waals surface area contributed by atoms with Crippen molar-refractivity contribution in [2.24, 2.45) is 0 Å². The molecular formula is C13H16N2O6. The van der Waals surface area contributed by atoms with Crippen LogP contribution in [0.3, 0.4) is 0 Å². The number of β-amino-alcohol motifs (C(OH)–C–C–N with tert-alkyl or cyclic N) is 1. The lowest BCUT2D eigenvalue weighted by molar-refractivity contribution is -0.384. The van der Waals surface area contributed by atoms with E-state index in [2.05, 4.69) is 0 Å². The maximum atomic E-state index is 12.3. The number of amides is 1. The molecule has 0 aliphatic carbocycles. The Balaban J connectivity index is 2.44. The summed E-state index contributed by atoms with van der Waals surface area (Å²) >= 11 is 0. The van der Waals surface area contributed by atoms with Gasteiger partial charge in [0.1, 0.15) is 5.75 Å². The summed E-state index contributed by atoms with van der Waals surface area (Å²) in [6, 6.07) is 3.95. The number of nitrogens with zero attached hydrogens (tertiary/aromatic N) is 2. The molecular weight excluding hydrogens is 280 g/mol. The highest BCUT2D eigenvalue weighted by atomic mass is 16.6. The quantitative estimate of drug-likeness (QED) is 0.602. The molecule has 2 unspecified atom stereocenters. The van der Waals surface area contributed by atoms with Crippen molar-refractivity contribution in [3.63, 3.8) is 0 Å². The smallest absolute Gasteiger partial charge is 0.271 e. The SMILES string of the molecule is CCC1Oc2ccc([N+](=O)[O-])cc2N(CC(O)CO)C1=O. The van der Waals surface area contributed by atoms with Crippen LogP contribution >= 0.6 is 0 Å². The van der Waals surface area contributed by atoms with E-state index in [1.165, 1.54) is 23.1 Å². The number of hydrogen-bond donors (Lipinski definition) is 2. The second-order valence-corrected chi connectivity index (χ2v) is 4.71. The second-order valence-electron chi connectivity index (χ2n) is 4.71. The number of fused-ring (bicyclic) bond motifs is 1. The zero-order chi connectivity index (χ0) is 15.6.